The number of ether oxygens (including phenoxy) is 1. The van der Waals surface area contributed by atoms with Gasteiger partial charge >= 0.3 is 5.69 Å². The minimum atomic E-state index is -0.696. The number of imidazole rings is 1. The highest BCUT2D eigenvalue weighted by Crippen LogP contribution is 2.35. The van der Waals surface area contributed by atoms with Crippen molar-refractivity contribution in [1.29, 1.82) is 0 Å². The van der Waals surface area contributed by atoms with Gasteiger partial charge < -0.3 is 10.1 Å². The van der Waals surface area contributed by atoms with E-state index in [4.69, 9.17) is 4.74 Å². The number of benzene rings is 3. The zero-order chi connectivity index (χ0) is 27.0. The quantitative estimate of drug-likeness (QED) is 0.335. The lowest BCUT2D eigenvalue weighted by Crippen LogP contribution is -2.28. The van der Waals surface area contributed by atoms with Gasteiger partial charge in [0, 0.05) is 18.3 Å². The second-order valence-corrected chi connectivity index (χ2v) is 8.96. The third-order valence-corrected chi connectivity index (χ3v) is 6.22. The van der Waals surface area contributed by atoms with E-state index in [-0.39, 0.29) is 35.5 Å². The van der Waals surface area contributed by atoms with Crippen LogP contribution < -0.4 is 15.7 Å². The number of anilines is 1. The topological polar surface area (TPSA) is 107 Å². The smallest absolute Gasteiger partial charge is 0.329 e. The number of carbonyl (C=O) groups is 1. The summed E-state index contributed by atoms with van der Waals surface area (Å²) in [4.78, 5) is 29.8. The van der Waals surface area contributed by atoms with Gasteiger partial charge in [-0.25, -0.2) is 18.6 Å². The van der Waals surface area contributed by atoms with Gasteiger partial charge in [-0.05, 0) is 61.4 Å². The molecule has 0 spiro atoms. The van der Waals surface area contributed by atoms with E-state index in [0.717, 1.165) is 11.6 Å². The van der Waals surface area contributed by atoms with Gasteiger partial charge in [0.05, 0.1) is 11.0 Å². The second kappa shape index (κ2) is 9.92. The predicted octanol–water partition coefficient (Wildman–Crippen LogP) is 4.24. The van der Waals surface area contributed by atoms with Crippen LogP contribution in [0.4, 0.5) is 14.5 Å². The fourth-order valence-corrected chi connectivity index (χ4v) is 4.40. The molecule has 0 unspecified atom stereocenters. The fourth-order valence-electron chi connectivity index (χ4n) is 4.40. The minimum Gasteiger partial charge on any atom is -0.482 e. The van der Waals surface area contributed by atoms with Gasteiger partial charge in [-0.15, -0.1) is 0 Å². The summed E-state index contributed by atoms with van der Waals surface area (Å²) in [7, 11) is 1.49. The minimum absolute atomic E-state index is 0.00281. The Labute approximate surface area is 215 Å². The van der Waals surface area contributed by atoms with Crippen LogP contribution in [0.3, 0.4) is 0 Å². The number of hydrogen-bond acceptors (Lipinski definition) is 5. The maximum Gasteiger partial charge on any atom is 0.329 e. The first-order valence-corrected chi connectivity index (χ1v) is 11.7. The van der Waals surface area contributed by atoms with E-state index < -0.39 is 23.2 Å². The molecule has 194 valence electrons. The highest BCUT2D eigenvalue weighted by molar-refractivity contribution is 5.95. The molecule has 2 heterocycles. The predicted molar refractivity (Wildman–Crippen MR) is 138 cm³/mol. The van der Waals surface area contributed by atoms with E-state index in [9.17, 15) is 9.59 Å². The third-order valence-electron chi connectivity index (χ3n) is 6.22. The first-order chi connectivity index (χ1) is 18.2. The van der Waals surface area contributed by atoms with Crippen LogP contribution in [-0.4, -0.2) is 30.2 Å². The Kier molecular flexibility index (Phi) is 6.50. The van der Waals surface area contributed by atoms with Gasteiger partial charge in [-0.2, -0.15) is 5.10 Å². The first-order valence-electron chi connectivity index (χ1n) is 11.7. The van der Waals surface area contributed by atoms with Crippen molar-refractivity contribution in [2.24, 2.45) is 7.05 Å². The average Bonchev–Trinajstić information content (AvgIpc) is 3.48. The van der Waals surface area contributed by atoms with E-state index in [0.29, 0.717) is 22.6 Å². The summed E-state index contributed by atoms with van der Waals surface area (Å²) in [5, 5.41) is 9.12. The molecule has 11 heteroatoms. The molecule has 0 radical (unpaired) electrons. The molecule has 3 aromatic carbocycles. The van der Waals surface area contributed by atoms with Crippen molar-refractivity contribution in [2.75, 3.05) is 5.32 Å². The van der Waals surface area contributed by atoms with Gasteiger partial charge in [-0.3, -0.25) is 19.0 Å². The number of aryl methyl sites for hydroxylation is 3. The summed E-state index contributed by atoms with van der Waals surface area (Å²) in [5.41, 5.74) is 2.42. The molecule has 0 fully saturated rings. The lowest BCUT2D eigenvalue weighted by atomic mass is 10.00. The van der Waals surface area contributed by atoms with Crippen LogP contribution in [0.5, 0.6) is 5.75 Å². The molecule has 2 N–H and O–H groups in total. The number of nitrogens with one attached hydrogen (secondary N) is 2. The summed E-state index contributed by atoms with van der Waals surface area (Å²) in [5.74, 6) is -1.32. The molecule has 9 nitrogen and oxygen atoms in total. The highest BCUT2D eigenvalue weighted by atomic mass is 19.1. The van der Waals surface area contributed by atoms with Gasteiger partial charge in [0.15, 0.2) is 17.4 Å². The summed E-state index contributed by atoms with van der Waals surface area (Å²) in [6, 6.07) is 12.6. The molecule has 0 aliphatic rings. The normalized spacial score (nSPS) is 11.2. The van der Waals surface area contributed by atoms with Crippen molar-refractivity contribution in [3.05, 3.63) is 93.9 Å². The van der Waals surface area contributed by atoms with E-state index in [1.807, 2.05) is 19.1 Å². The Balaban J connectivity index is 1.51. The number of nitrogens with zero attached hydrogens (tertiary/aromatic N) is 4. The Bertz CT molecular complexity index is 1680. The molecule has 0 saturated carbocycles. The number of carbonyl (C=O) groups excluding carboxylic acids is 1. The average molecular weight is 519 g/mol. The zero-order valence-corrected chi connectivity index (χ0v) is 20.9. The number of hydrogen-bond donors (Lipinski definition) is 2. The standard InChI is InChI=1S/C27H24F2N6O3/c1-15-4-6-18(7-5-15)32-23(36)12-35-21-9-8-19(28)24(25(21)34(3)27(35)37)17-10-16(2)26(20(29)11-17)38-13-22-30-14-31-33-22/h4-11,14H,12-13H2,1-3H3,(H,32,36)(H,30,31,33). The van der Waals surface area contributed by atoms with Crippen molar-refractivity contribution in [2.45, 2.75) is 27.0 Å². The molecule has 2 aromatic heterocycles. The maximum absolute atomic E-state index is 15.2. The van der Waals surface area contributed by atoms with Gasteiger partial charge in [0.25, 0.3) is 0 Å². The Morgan fingerprint density at radius 3 is 2.53 bits per heavy atom. The molecule has 0 bridgehead atoms. The van der Waals surface area contributed by atoms with Crippen molar-refractivity contribution in [1.82, 2.24) is 24.3 Å². The maximum atomic E-state index is 15.2. The number of aromatic amines is 1. The van der Waals surface area contributed by atoms with Crippen LogP contribution in [0, 0.1) is 25.5 Å². The number of fused-ring (bicyclic) bond motifs is 1. The zero-order valence-electron chi connectivity index (χ0n) is 20.9. The lowest BCUT2D eigenvalue weighted by molar-refractivity contribution is -0.116. The van der Waals surface area contributed by atoms with E-state index in [1.54, 1.807) is 25.1 Å². The first kappa shape index (κ1) is 24.9. The van der Waals surface area contributed by atoms with Crippen LogP contribution in [0.25, 0.3) is 22.2 Å². The summed E-state index contributed by atoms with van der Waals surface area (Å²) >= 11 is 0. The van der Waals surface area contributed by atoms with Crippen molar-refractivity contribution in [3.63, 3.8) is 0 Å². The van der Waals surface area contributed by atoms with Crippen LogP contribution in [-0.2, 0) is 25.0 Å². The number of H-pyrrole nitrogens is 1. The fraction of sp³-hybridized carbons (Fsp3) is 0.185. The van der Waals surface area contributed by atoms with E-state index >= 15 is 8.78 Å². The molecule has 1 amide bonds. The molecular formula is C27H24F2N6O3. The second-order valence-electron chi connectivity index (χ2n) is 8.96. The molecule has 5 rings (SSSR count). The largest absolute Gasteiger partial charge is 0.482 e. The van der Waals surface area contributed by atoms with Crippen LogP contribution in [0.2, 0.25) is 0 Å². The van der Waals surface area contributed by atoms with Crippen molar-refractivity contribution in [3.8, 4) is 16.9 Å². The summed E-state index contributed by atoms with van der Waals surface area (Å²) in [6.45, 7) is 3.27. The molecule has 0 aliphatic heterocycles. The van der Waals surface area contributed by atoms with Crippen LogP contribution in [0.15, 0.2) is 59.7 Å². The number of halogens is 2. The monoisotopic (exact) mass is 518 g/mol. The molecular weight excluding hydrogens is 494 g/mol. The molecule has 0 saturated heterocycles. The van der Waals surface area contributed by atoms with E-state index in [1.165, 1.54) is 34.6 Å². The van der Waals surface area contributed by atoms with Crippen molar-refractivity contribution < 1.29 is 18.3 Å². The highest BCUT2D eigenvalue weighted by Gasteiger charge is 2.22. The SMILES string of the molecule is Cc1ccc(NC(=O)Cn2c(=O)n(C)c3c(-c4cc(C)c(OCc5ncn[nH]5)c(F)c4)c(F)ccc32)cc1. The number of aromatic nitrogens is 5. The van der Waals surface area contributed by atoms with Gasteiger partial charge in [0.2, 0.25) is 5.91 Å². The Morgan fingerprint density at radius 2 is 1.84 bits per heavy atom. The van der Waals surface area contributed by atoms with Gasteiger partial charge in [-0.1, -0.05) is 17.7 Å². The number of rotatable bonds is 7. The molecule has 0 atom stereocenters. The Morgan fingerprint density at radius 1 is 1.08 bits per heavy atom. The van der Waals surface area contributed by atoms with Crippen LogP contribution >= 0.6 is 0 Å². The molecule has 0 aliphatic carbocycles. The summed E-state index contributed by atoms with van der Waals surface area (Å²) in [6.07, 6.45) is 1.32. The molecule has 5 aromatic rings. The molecule has 38 heavy (non-hydrogen) atoms. The van der Waals surface area contributed by atoms with Gasteiger partial charge in [0.1, 0.15) is 25.3 Å². The summed E-state index contributed by atoms with van der Waals surface area (Å²) < 4.78 is 38.4. The van der Waals surface area contributed by atoms with E-state index in [2.05, 4.69) is 20.5 Å². The third kappa shape index (κ3) is 4.65. The Hall–Kier alpha value is -4.80. The van der Waals surface area contributed by atoms with Crippen LogP contribution in [0.1, 0.15) is 17.0 Å². The van der Waals surface area contributed by atoms with Crippen molar-refractivity contribution >= 4 is 22.6 Å². The number of amides is 1. The lowest BCUT2D eigenvalue weighted by Gasteiger charge is -2.13.